The van der Waals surface area contributed by atoms with Crippen LogP contribution in [0.25, 0.3) is 10.9 Å². The standard InChI is InChI=1S/C26H26F3N2O/c1-2-17-16-31(26(28,29)21-8-4-5-9-22(21)27)14-12-18(17)15-24(31)25(32)20-11-13-30-23-10-6-3-7-19(20)23/h2-11,13,17-18,24-25,32H,1,12,14-16H2/q+1/t17-,18-,24-,25+,31?/m0/s1. The zero-order valence-corrected chi connectivity index (χ0v) is 17.7. The maximum absolute atomic E-state index is 16.3. The SMILES string of the molecule is C=C[C@H]1C[N+]2(C(F)(F)c3ccccc3F)CC[C@H]1C[C@H]2[C@H](O)c1ccnc2ccccc12. The molecular formula is C26H26F3N2O+. The van der Waals surface area contributed by atoms with E-state index in [1.54, 1.807) is 18.3 Å². The predicted octanol–water partition coefficient (Wildman–Crippen LogP) is 5.57. The third-order valence-electron chi connectivity index (χ3n) is 7.65. The molecular weight excluding hydrogens is 413 g/mol. The molecule has 0 saturated carbocycles. The zero-order chi connectivity index (χ0) is 22.5. The van der Waals surface area contributed by atoms with Gasteiger partial charge in [0.05, 0.1) is 18.6 Å². The normalized spacial score (nSPS) is 28.6. The van der Waals surface area contributed by atoms with Gasteiger partial charge >= 0.3 is 6.05 Å². The Balaban J connectivity index is 1.65. The smallest absolute Gasteiger partial charge is 0.382 e. The number of aliphatic hydroxyl groups excluding tert-OH is 1. The van der Waals surface area contributed by atoms with Gasteiger partial charge in [-0.2, -0.15) is 0 Å². The quantitative estimate of drug-likeness (QED) is 0.320. The molecule has 32 heavy (non-hydrogen) atoms. The number of quaternary nitrogens is 1. The molecule has 2 bridgehead atoms. The Morgan fingerprint density at radius 2 is 1.88 bits per heavy atom. The number of para-hydroxylation sites is 1. The fourth-order valence-electron chi connectivity index (χ4n) is 5.99. The van der Waals surface area contributed by atoms with Crippen LogP contribution in [0.1, 0.15) is 30.1 Å². The molecule has 0 amide bonds. The van der Waals surface area contributed by atoms with Crippen molar-refractivity contribution < 1.29 is 22.8 Å². The van der Waals surface area contributed by atoms with Crippen molar-refractivity contribution >= 4 is 10.9 Å². The number of hydrogen-bond donors (Lipinski definition) is 1. The van der Waals surface area contributed by atoms with Gasteiger partial charge in [-0.1, -0.05) is 36.4 Å². The number of aromatic nitrogens is 1. The van der Waals surface area contributed by atoms with E-state index in [1.165, 1.54) is 12.1 Å². The summed E-state index contributed by atoms with van der Waals surface area (Å²) in [6.07, 6.45) is 3.25. The van der Waals surface area contributed by atoms with Crippen molar-refractivity contribution in [2.24, 2.45) is 11.8 Å². The first-order valence-corrected chi connectivity index (χ1v) is 11.0. The van der Waals surface area contributed by atoms with Gasteiger partial charge in [0, 0.05) is 30.3 Å². The largest absolute Gasteiger partial charge is 0.421 e. The van der Waals surface area contributed by atoms with Crippen LogP contribution in [0.3, 0.4) is 0 Å². The molecule has 0 spiro atoms. The number of nitrogens with zero attached hydrogens (tertiary/aromatic N) is 2. The summed E-state index contributed by atoms with van der Waals surface area (Å²) in [5, 5.41) is 12.3. The Labute approximate surface area is 185 Å². The van der Waals surface area contributed by atoms with Gasteiger partial charge in [-0.05, 0) is 35.7 Å². The molecule has 3 nitrogen and oxygen atoms in total. The fourth-order valence-corrected chi connectivity index (χ4v) is 5.99. The zero-order valence-electron chi connectivity index (χ0n) is 17.7. The highest BCUT2D eigenvalue weighted by atomic mass is 19.3. The number of benzene rings is 2. The third-order valence-corrected chi connectivity index (χ3v) is 7.65. The lowest BCUT2D eigenvalue weighted by Crippen LogP contribution is -2.73. The molecule has 166 valence electrons. The second-order valence-electron chi connectivity index (χ2n) is 9.07. The van der Waals surface area contributed by atoms with Gasteiger partial charge in [0.1, 0.15) is 23.5 Å². The van der Waals surface area contributed by atoms with Crippen LogP contribution in [0, 0.1) is 17.7 Å². The van der Waals surface area contributed by atoms with Crippen molar-refractivity contribution in [1.82, 2.24) is 4.98 Å². The van der Waals surface area contributed by atoms with Crippen molar-refractivity contribution in [2.45, 2.75) is 31.0 Å². The van der Waals surface area contributed by atoms with Crippen molar-refractivity contribution in [3.8, 4) is 0 Å². The molecule has 1 unspecified atom stereocenters. The van der Waals surface area contributed by atoms with Crippen molar-refractivity contribution in [1.29, 1.82) is 0 Å². The molecule has 6 heteroatoms. The molecule has 0 radical (unpaired) electrons. The lowest BCUT2D eigenvalue weighted by atomic mass is 9.70. The number of fused-ring (bicyclic) bond motifs is 4. The monoisotopic (exact) mass is 439 g/mol. The van der Waals surface area contributed by atoms with Gasteiger partial charge in [0.15, 0.2) is 0 Å². The molecule has 3 fully saturated rings. The van der Waals surface area contributed by atoms with Crippen LogP contribution in [0.5, 0.6) is 0 Å². The summed E-state index contributed by atoms with van der Waals surface area (Å²) in [5.74, 6) is -0.842. The molecule has 4 heterocycles. The lowest BCUT2D eigenvalue weighted by Gasteiger charge is -2.59. The molecule has 1 aromatic heterocycles. The van der Waals surface area contributed by atoms with Crippen molar-refractivity contribution in [2.75, 3.05) is 13.1 Å². The van der Waals surface area contributed by atoms with E-state index >= 15 is 8.78 Å². The molecule has 0 aliphatic carbocycles. The molecule has 1 N–H and O–H groups in total. The number of alkyl halides is 2. The number of rotatable bonds is 5. The van der Waals surface area contributed by atoms with Crippen LogP contribution in [-0.2, 0) is 6.05 Å². The summed E-state index contributed by atoms with van der Waals surface area (Å²) in [7, 11) is 0. The highest BCUT2D eigenvalue weighted by Crippen LogP contribution is 2.55. The van der Waals surface area contributed by atoms with E-state index in [0.29, 0.717) is 23.9 Å². The molecule has 6 rings (SSSR count). The maximum atomic E-state index is 16.3. The number of halogens is 3. The average molecular weight is 440 g/mol. The van der Waals surface area contributed by atoms with E-state index in [2.05, 4.69) is 11.6 Å². The average Bonchev–Trinajstić information content (AvgIpc) is 2.83. The minimum absolute atomic E-state index is 0.0981. The Hall–Kier alpha value is -2.70. The molecule has 3 aromatic rings. The summed E-state index contributed by atoms with van der Waals surface area (Å²) in [4.78, 5) is 4.34. The number of aliphatic hydroxyl groups is 1. The van der Waals surface area contributed by atoms with Gasteiger partial charge < -0.3 is 5.11 Å². The first-order chi connectivity index (χ1) is 15.4. The molecule has 3 saturated heterocycles. The Morgan fingerprint density at radius 1 is 1.12 bits per heavy atom. The minimum atomic E-state index is -3.49. The summed E-state index contributed by atoms with van der Waals surface area (Å²) >= 11 is 0. The highest BCUT2D eigenvalue weighted by Gasteiger charge is 2.66. The first-order valence-electron chi connectivity index (χ1n) is 11.0. The van der Waals surface area contributed by atoms with Crippen LogP contribution < -0.4 is 0 Å². The third kappa shape index (κ3) is 3.00. The van der Waals surface area contributed by atoms with E-state index in [0.717, 1.165) is 17.5 Å². The van der Waals surface area contributed by atoms with Gasteiger partial charge in [0.25, 0.3) is 0 Å². The van der Waals surface area contributed by atoms with Gasteiger partial charge in [0.2, 0.25) is 0 Å². The van der Waals surface area contributed by atoms with Crippen LogP contribution in [0.15, 0.2) is 73.4 Å². The van der Waals surface area contributed by atoms with E-state index in [4.69, 9.17) is 0 Å². The van der Waals surface area contributed by atoms with Crippen LogP contribution in [0.4, 0.5) is 13.2 Å². The summed E-state index contributed by atoms with van der Waals surface area (Å²) in [6.45, 7) is 4.18. The molecule has 2 aromatic carbocycles. The van der Waals surface area contributed by atoms with E-state index in [9.17, 15) is 9.50 Å². The maximum Gasteiger partial charge on any atom is 0.421 e. The Morgan fingerprint density at radius 3 is 2.66 bits per heavy atom. The molecule has 3 aliphatic rings. The molecule has 5 atom stereocenters. The van der Waals surface area contributed by atoms with Gasteiger partial charge in [-0.25, -0.2) is 4.39 Å². The predicted molar refractivity (Wildman–Crippen MR) is 117 cm³/mol. The van der Waals surface area contributed by atoms with Crippen LogP contribution in [-0.4, -0.2) is 33.7 Å². The highest BCUT2D eigenvalue weighted by molar-refractivity contribution is 5.82. The van der Waals surface area contributed by atoms with Gasteiger partial charge in [-0.3, -0.25) is 9.47 Å². The number of piperidine rings is 3. The fraction of sp³-hybridized carbons (Fsp3) is 0.346. The Bertz CT molecular complexity index is 1160. The van der Waals surface area contributed by atoms with E-state index in [-0.39, 0.29) is 24.9 Å². The van der Waals surface area contributed by atoms with E-state index < -0.39 is 34.1 Å². The number of pyridine rings is 1. The summed E-state index contributed by atoms with van der Waals surface area (Å²) < 4.78 is 46.6. The van der Waals surface area contributed by atoms with Gasteiger partial charge in [-0.15, -0.1) is 15.4 Å². The van der Waals surface area contributed by atoms with Crippen molar-refractivity contribution in [3.63, 3.8) is 0 Å². The van der Waals surface area contributed by atoms with Crippen molar-refractivity contribution in [3.05, 3.63) is 90.4 Å². The first kappa shape index (κ1) is 21.2. The topological polar surface area (TPSA) is 33.1 Å². The Kier molecular flexibility index (Phi) is 5.10. The van der Waals surface area contributed by atoms with Crippen LogP contribution >= 0.6 is 0 Å². The molecule has 3 aliphatic heterocycles. The number of hydrogen-bond acceptors (Lipinski definition) is 2. The summed E-state index contributed by atoms with van der Waals surface area (Å²) in [5.41, 5.74) is 0.682. The second kappa shape index (κ2) is 7.71. The lowest BCUT2D eigenvalue weighted by molar-refractivity contribution is -1.05. The van der Waals surface area contributed by atoms with E-state index in [1.807, 2.05) is 24.3 Å². The minimum Gasteiger partial charge on any atom is -0.382 e. The second-order valence-corrected chi connectivity index (χ2v) is 9.07. The van der Waals surface area contributed by atoms with Crippen LogP contribution in [0.2, 0.25) is 0 Å². The summed E-state index contributed by atoms with van der Waals surface area (Å²) in [6, 6.07) is 9.92.